The quantitative estimate of drug-likeness (QED) is 0.445. The molecule has 1 atom stereocenters. The van der Waals surface area contributed by atoms with Gasteiger partial charge in [-0.15, -0.1) is 0 Å². The van der Waals surface area contributed by atoms with Gasteiger partial charge in [0.2, 0.25) is 5.95 Å². The van der Waals surface area contributed by atoms with Crippen molar-refractivity contribution < 1.29 is 14.3 Å². The number of hydrogen-bond acceptors (Lipinski definition) is 8. The first-order chi connectivity index (χ1) is 18.5. The molecule has 2 aliphatic carbocycles. The highest BCUT2D eigenvalue weighted by atomic mass is 16.6. The molecular weight excluding hydrogens is 492 g/mol. The normalized spacial score (nSPS) is 18.9. The summed E-state index contributed by atoms with van der Waals surface area (Å²) in [5, 5.41) is 15.6. The summed E-state index contributed by atoms with van der Waals surface area (Å²) < 4.78 is 5.38. The Morgan fingerprint density at radius 2 is 1.90 bits per heavy atom. The van der Waals surface area contributed by atoms with E-state index in [1.807, 2.05) is 12.1 Å². The van der Waals surface area contributed by atoms with Gasteiger partial charge >= 0.3 is 6.09 Å². The largest absolute Gasteiger partial charge is 0.444 e. The monoisotopic (exact) mass is 528 g/mol. The number of carbonyl (C=O) groups excluding carboxylic acids is 2. The van der Waals surface area contributed by atoms with Crippen LogP contribution in [0, 0.1) is 35.0 Å². The molecule has 0 radical (unpaired) electrons. The van der Waals surface area contributed by atoms with Gasteiger partial charge in [0.05, 0.1) is 29.4 Å². The van der Waals surface area contributed by atoms with Gasteiger partial charge in [-0.05, 0) is 83.6 Å². The summed E-state index contributed by atoms with van der Waals surface area (Å²) in [6, 6.07) is 9.10. The number of ketones is 1. The third-order valence-electron chi connectivity index (χ3n) is 6.84. The van der Waals surface area contributed by atoms with Crippen molar-refractivity contribution in [1.82, 2.24) is 14.9 Å². The number of amides is 1. The first kappa shape index (κ1) is 27.9. The number of nitriles is 1. The minimum Gasteiger partial charge on any atom is -0.444 e. The van der Waals surface area contributed by atoms with Crippen molar-refractivity contribution in [2.24, 2.45) is 11.8 Å². The Kier molecular flexibility index (Phi) is 8.40. The molecule has 2 aliphatic rings. The van der Waals surface area contributed by atoms with Crippen LogP contribution in [0.2, 0.25) is 0 Å². The Morgan fingerprint density at radius 1 is 1.21 bits per heavy atom. The molecule has 1 aromatic heterocycles. The lowest BCUT2D eigenvalue weighted by atomic mass is 9.72. The first-order valence-corrected chi connectivity index (χ1v) is 13.4. The van der Waals surface area contributed by atoms with Crippen molar-refractivity contribution in [1.29, 1.82) is 5.26 Å². The van der Waals surface area contributed by atoms with Crippen molar-refractivity contribution in [3.63, 3.8) is 0 Å². The van der Waals surface area contributed by atoms with Crippen LogP contribution >= 0.6 is 0 Å². The maximum absolute atomic E-state index is 12.8. The molecule has 1 amide bonds. The number of anilines is 3. The number of ether oxygens (including phenoxy) is 1. The molecule has 0 saturated heterocycles. The highest BCUT2D eigenvalue weighted by Crippen LogP contribution is 2.36. The molecule has 4 rings (SSSR count). The third-order valence-corrected chi connectivity index (χ3v) is 6.84. The molecule has 0 aliphatic heterocycles. The molecule has 0 unspecified atom stereocenters. The van der Waals surface area contributed by atoms with Gasteiger partial charge in [-0.2, -0.15) is 10.2 Å². The van der Waals surface area contributed by atoms with Gasteiger partial charge in [-0.1, -0.05) is 11.8 Å². The summed E-state index contributed by atoms with van der Waals surface area (Å²) in [6.45, 7) is 7.16. The average molecular weight is 529 g/mol. The summed E-state index contributed by atoms with van der Waals surface area (Å²) in [5.74, 6) is 8.27. The van der Waals surface area contributed by atoms with Gasteiger partial charge in [0.15, 0.2) is 5.78 Å². The molecule has 1 aromatic carbocycles. The lowest BCUT2D eigenvalue weighted by Crippen LogP contribution is -2.44. The Hall–Kier alpha value is -4.11. The minimum absolute atomic E-state index is 0.0365. The molecule has 2 saturated carbocycles. The van der Waals surface area contributed by atoms with E-state index in [4.69, 9.17) is 10.00 Å². The average Bonchev–Trinajstić information content (AvgIpc) is 3.68. The Morgan fingerprint density at radius 3 is 2.51 bits per heavy atom. The fourth-order valence-electron chi connectivity index (χ4n) is 4.18. The molecule has 9 heteroatoms. The van der Waals surface area contributed by atoms with E-state index in [1.165, 1.54) is 4.90 Å². The summed E-state index contributed by atoms with van der Waals surface area (Å²) in [4.78, 5) is 35.5. The van der Waals surface area contributed by atoms with E-state index in [1.54, 1.807) is 53.1 Å². The summed E-state index contributed by atoms with van der Waals surface area (Å²) >= 11 is 0. The zero-order valence-electron chi connectivity index (χ0n) is 23.2. The zero-order chi connectivity index (χ0) is 28.2. The van der Waals surface area contributed by atoms with Gasteiger partial charge in [-0.25, -0.2) is 9.78 Å². The van der Waals surface area contributed by atoms with Crippen LogP contribution in [0.5, 0.6) is 0 Å². The number of aromatic nitrogens is 2. The van der Waals surface area contributed by atoms with Crippen LogP contribution in [0.4, 0.5) is 22.2 Å². The standard InChI is InChI=1S/C30H36N6O3/c1-19(36(5)29(38)39-30(2,3)4)26(37)16-22-14-21(15-22)6-9-23-18-32-28(35-27(23)33-24-12-13-24)34-25-10-7-20(17-31)8-11-25/h7-8,10-11,18-19,21-22,24H,12-16H2,1-5H3,(H2,32,33,34,35)/t19-,21?,22?/m0/s1. The van der Waals surface area contributed by atoms with Crippen molar-refractivity contribution in [3.8, 4) is 17.9 Å². The molecule has 9 nitrogen and oxygen atoms in total. The van der Waals surface area contributed by atoms with Crippen LogP contribution in [0.15, 0.2) is 30.5 Å². The maximum Gasteiger partial charge on any atom is 0.410 e. The maximum atomic E-state index is 12.8. The van der Waals surface area contributed by atoms with E-state index in [2.05, 4.69) is 38.5 Å². The third kappa shape index (κ3) is 7.94. The number of carbonyl (C=O) groups is 2. The van der Waals surface area contributed by atoms with E-state index in [0.717, 1.165) is 36.9 Å². The van der Waals surface area contributed by atoms with Crippen LogP contribution in [0.25, 0.3) is 0 Å². The van der Waals surface area contributed by atoms with Gasteiger partial charge in [0, 0.05) is 31.1 Å². The number of nitrogens with zero attached hydrogens (tertiary/aromatic N) is 4. The number of benzene rings is 1. The van der Waals surface area contributed by atoms with Gasteiger partial charge < -0.3 is 20.3 Å². The van der Waals surface area contributed by atoms with E-state index < -0.39 is 17.7 Å². The number of hydrogen-bond donors (Lipinski definition) is 2. The van der Waals surface area contributed by atoms with E-state index in [0.29, 0.717) is 29.8 Å². The lowest BCUT2D eigenvalue weighted by Gasteiger charge is -2.33. The van der Waals surface area contributed by atoms with Crippen LogP contribution in [0.1, 0.15) is 70.9 Å². The van der Waals surface area contributed by atoms with E-state index >= 15 is 0 Å². The van der Waals surface area contributed by atoms with Crippen molar-refractivity contribution >= 4 is 29.3 Å². The Balaban J connectivity index is 1.32. The molecule has 0 bridgehead atoms. The molecule has 1 heterocycles. The topological polar surface area (TPSA) is 120 Å². The van der Waals surface area contributed by atoms with Gasteiger partial charge in [-0.3, -0.25) is 4.79 Å². The second-order valence-corrected chi connectivity index (χ2v) is 11.4. The van der Waals surface area contributed by atoms with E-state index in [-0.39, 0.29) is 17.6 Å². The SMILES string of the molecule is C[C@@H](C(=O)CC1CC(C#Cc2cnc(Nc3ccc(C#N)cc3)nc2NC2CC2)C1)N(C)C(=O)OC(C)(C)C. The summed E-state index contributed by atoms with van der Waals surface area (Å²) in [5.41, 5.74) is 1.54. The van der Waals surface area contributed by atoms with Crippen LogP contribution in [-0.2, 0) is 9.53 Å². The van der Waals surface area contributed by atoms with Crippen LogP contribution in [0.3, 0.4) is 0 Å². The van der Waals surface area contributed by atoms with E-state index in [9.17, 15) is 9.59 Å². The Labute approximate surface area is 230 Å². The smallest absolute Gasteiger partial charge is 0.410 e. The number of Topliss-reactive ketones (excluding diaryl/α,β-unsaturated/α-hetero) is 1. The van der Waals surface area contributed by atoms with Gasteiger partial charge in [0.1, 0.15) is 11.4 Å². The zero-order valence-corrected chi connectivity index (χ0v) is 23.2. The number of nitrogens with one attached hydrogen (secondary N) is 2. The van der Waals surface area contributed by atoms with Crippen molar-refractivity contribution in [3.05, 3.63) is 41.6 Å². The molecular formula is C30H36N6O3. The predicted molar refractivity (Wildman–Crippen MR) is 149 cm³/mol. The minimum atomic E-state index is -0.602. The fourth-order valence-corrected chi connectivity index (χ4v) is 4.18. The number of rotatable bonds is 8. The fraction of sp³-hybridized carbons (Fsp3) is 0.500. The predicted octanol–water partition coefficient (Wildman–Crippen LogP) is 5.26. The molecule has 2 N–H and O–H groups in total. The van der Waals surface area contributed by atoms with Gasteiger partial charge in [0.25, 0.3) is 0 Å². The molecule has 0 spiro atoms. The molecule has 39 heavy (non-hydrogen) atoms. The summed E-state index contributed by atoms with van der Waals surface area (Å²) in [6.07, 6.45) is 5.59. The van der Waals surface area contributed by atoms with Crippen LogP contribution < -0.4 is 10.6 Å². The second-order valence-electron chi connectivity index (χ2n) is 11.4. The van der Waals surface area contributed by atoms with Crippen molar-refractivity contribution in [2.45, 2.75) is 77.5 Å². The lowest BCUT2D eigenvalue weighted by molar-refractivity contribution is -0.125. The molecule has 2 aromatic rings. The summed E-state index contributed by atoms with van der Waals surface area (Å²) in [7, 11) is 1.60. The first-order valence-electron chi connectivity index (χ1n) is 13.4. The molecule has 2 fully saturated rings. The van der Waals surface area contributed by atoms with Crippen LogP contribution in [-0.4, -0.2) is 51.5 Å². The molecule has 204 valence electrons. The Bertz CT molecular complexity index is 1310. The second kappa shape index (κ2) is 11.7. The van der Waals surface area contributed by atoms with Crippen molar-refractivity contribution in [2.75, 3.05) is 17.7 Å². The highest BCUT2D eigenvalue weighted by molar-refractivity contribution is 5.87. The number of likely N-dealkylation sites (N-methyl/N-ethyl adjacent to an activating group) is 1. The highest BCUT2D eigenvalue weighted by Gasteiger charge is 2.33.